The zero-order chi connectivity index (χ0) is 11.9. The molecule has 0 spiro atoms. The Labute approximate surface area is 92.0 Å². The quantitative estimate of drug-likeness (QED) is 0.567. The van der Waals surface area contributed by atoms with Gasteiger partial charge in [-0.2, -0.15) is 0 Å². The van der Waals surface area contributed by atoms with Gasteiger partial charge in [0.1, 0.15) is 5.60 Å². The molecule has 0 aliphatic carbocycles. The van der Waals surface area contributed by atoms with Gasteiger partial charge in [0.25, 0.3) is 0 Å². The van der Waals surface area contributed by atoms with E-state index in [-0.39, 0.29) is 0 Å². The van der Waals surface area contributed by atoms with E-state index in [1.54, 1.807) is 20.8 Å². The van der Waals surface area contributed by atoms with Crippen LogP contribution in [0, 0.1) is 0 Å². The minimum atomic E-state index is -1.05. The average molecular weight is 216 g/mol. The molecule has 1 unspecified atom stereocenters. The molecule has 0 aromatic heterocycles. The number of rotatable bonds is 5. The number of nitrogens with one attached hydrogen (secondary N) is 1. The average Bonchev–Trinajstić information content (AvgIpc) is 2.00. The van der Waals surface area contributed by atoms with Crippen molar-refractivity contribution in [2.75, 3.05) is 0 Å². The lowest BCUT2D eigenvalue weighted by molar-refractivity contribution is 0.0139. The van der Waals surface area contributed by atoms with E-state index < -0.39 is 17.9 Å². The van der Waals surface area contributed by atoms with E-state index in [0.29, 0.717) is 6.42 Å². The number of unbranched alkanes of at least 4 members (excludes halogenated alkanes) is 2. The first kappa shape index (κ1) is 14.2. The Morgan fingerprint density at radius 2 is 1.93 bits per heavy atom. The molecular weight excluding hydrogens is 194 g/mol. The van der Waals surface area contributed by atoms with Gasteiger partial charge in [-0.1, -0.05) is 19.8 Å². The Bertz CT molecular complexity index is 187. The van der Waals surface area contributed by atoms with E-state index in [1.165, 1.54) is 0 Å². The summed E-state index contributed by atoms with van der Waals surface area (Å²) in [5.74, 6) is 0. The molecule has 0 aliphatic rings. The van der Waals surface area contributed by atoms with Crippen LogP contribution in [0.25, 0.3) is 0 Å². The maximum absolute atomic E-state index is 11.3. The molecule has 1 radical (unpaired) electrons. The molecule has 89 valence electrons. The van der Waals surface area contributed by atoms with Gasteiger partial charge < -0.3 is 4.74 Å². The normalized spacial score (nSPS) is 13.4. The van der Waals surface area contributed by atoms with E-state index in [4.69, 9.17) is 4.74 Å². The van der Waals surface area contributed by atoms with Gasteiger partial charge in [-0.05, 0) is 33.6 Å². The maximum atomic E-state index is 11.3. The number of ether oxygens (including phenoxy) is 1. The first-order valence-electron chi connectivity index (χ1n) is 5.50. The second-order valence-electron chi connectivity index (χ2n) is 4.63. The fraction of sp³-hybridized carbons (Fsp3) is 0.909. The van der Waals surface area contributed by atoms with E-state index in [1.807, 2.05) is 0 Å². The molecule has 0 bridgehead atoms. The van der Waals surface area contributed by atoms with Crippen LogP contribution in [-0.2, 0) is 9.84 Å². The van der Waals surface area contributed by atoms with Crippen LogP contribution in [0.2, 0.25) is 0 Å². The second-order valence-corrected chi connectivity index (χ2v) is 4.63. The molecule has 0 heterocycles. The summed E-state index contributed by atoms with van der Waals surface area (Å²) in [5.41, 5.74) is -0.548. The smallest absolute Gasteiger partial charge is 0.409 e. The number of hydrogen-bond acceptors (Lipinski definition) is 2. The molecule has 1 N–H and O–H groups in total. The number of carbonyl (C=O) groups excluding carboxylic acids is 1. The van der Waals surface area contributed by atoms with Crippen LogP contribution in [0.3, 0.4) is 0 Å². The standard InChI is InChI=1S/C11H22NO3/c1-5-6-7-8-9(13)12-10(14)15-11(2,3)4/h9H,5-8H2,1-4H3,(H,12,14). The first-order valence-corrected chi connectivity index (χ1v) is 5.50. The van der Waals surface area contributed by atoms with Crippen LogP contribution in [-0.4, -0.2) is 17.9 Å². The van der Waals surface area contributed by atoms with Crippen LogP contribution in [0.1, 0.15) is 53.4 Å². The number of hydrogen-bond donors (Lipinski definition) is 1. The molecule has 0 saturated heterocycles. The summed E-state index contributed by atoms with van der Waals surface area (Å²) in [6.07, 6.45) is 1.73. The van der Waals surface area contributed by atoms with Crippen LogP contribution in [0.4, 0.5) is 4.79 Å². The molecule has 0 aromatic rings. The van der Waals surface area contributed by atoms with Crippen molar-refractivity contribution in [3.8, 4) is 0 Å². The molecule has 0 aliphatic heterocycles. The lowest BCUT2D eigenvalue weighted by Crippen LogP contribution is -2.38. The van der Waals surface area contributed by atoms with Crippen molar-refractivity contribution in [1.82, 2.24) is 5.32 Å². The molecule has 4 heteroatoms. The van der Waals surface area contributed by atoms with Crippen molar-refractivity contribution in [3.05, 3.63) is 0 Å². The van der Waals surface area contributed by atoms with Gasteiger partial charge in [0.05, 0.1) is 0 Å². The van der Waals surface area contributed by atoms with E-state index in [2.05, 4.69) is 12.2 Å². The molecule has 0 fully saturated rings. The molecule has 0 rings (SSSR count). The molecule has 1 atom stereocenters. The van der Waals surface area contributed by atoms with Crippen molar-refractivity contribution in [3.63, 3.8) is 0 Å². The predicted octanol–water partition coefficient (Wildman–Crippen LogP) is 2.85. The predicted molar refractivity (Wildman–Crippen MR) is 58.0 cm³/mol. The monoisotopic (exact) mass is 216 g/mol. The van der Waals surface area contributed by atoms with Gasteiger partial charge in [-0.3, -0.25) is 5.32 Å². The van der Waals surface area contributed by atoms with Gasteiger partial charge in [-0.15, -0.1) is 0 Å². The fourth-order valence-corrected chi connectivity index (χ4v) is 1.09. The molecule has 0 saturated carbocycles. The third-order valence-electron chi connectivity index (χ3n) is 1.75. The maximum Gasteiger partial charge on any atom is 0.409 e. The summed E-state index contributed by atoms with van der Waals surface area (Å²) >= 11 is 0. The minimum Gasteiger partial charge on any atom is -0.444 e. The Kier molecular flexibility index (Phi) is 6.32. The Hall–Kier alpha value is -0.770. The summed E-state index contributed by atoms with van der Waals surface area (Å²) < 4.78 is 4.96. The van der Waals surface area contributed by atoms with E-state index >= 15 is 0 Å². The van der Waals surface area contributed by atoms with Gasteiger partial charge in [0.15, 0.2) is 6.23 Å². The summed E-state index contributed by atoms with van der Waals surface area (Å²) in [4.78, 5) is 11.2. The zero-order valence-electron chi connectivity index (χ0n) is 10.1. The molecule has 4 nitrogen and oxygen atoms in total. The third-order valence-corrected chi connectivity index (χ3v) is 1.75. The van der Waals surface area contributed by atoms with Gasteiger partial charge in [0.2, 0.25) is 0 Å². The Balaban J connectivity index is 3.67. The summed E-state index contributed by atoms with van der Waals surface area (Å²) in [5, 5.41) is 13.6. The third kappa shape index (κ3) is 9.53. The summed E-state index contributed by atoms with van der Waals surface area (Å²) in [6, 6.07) is 0. The highest BCUT2D eigenvalue weighted by Crippen LogP contribution is 2.07. The van der Waals surface area contributed by atoms with Crippen molar-refractivity contribution >= 4 is 6.09 Å². The largest absolute Gasteiger partial charge is 0.444 e. The van der Waals surface area contributed by atoms with Gasteiger partial charge in [-0.25, -0.2) is 9.90 Å². The van der Waals surface area contributed by atoms with Gasteiger partial charge in [0, 0.05) is 0 Å². The number of amides is 1. The lowest BCUT2D eigenvalue weighted by atomic mass is 10.2. The van der Waals surface area contributed by atoms with Crippen molar-refractivity contribution in [1.29, 1.82) is 0 Å². The summed E-state index contributed by atoms with van der Waals surface area (Å²) in [6.45, 7) is 7.37. The SMILES string of the molecule is CCCCCC([O])NC(=O)OC(C)(C)C. The topological polar surface area (TPSA) is 58.2 Å². The van der Waals surface area contributed by atoms with Gasteiger partial charge >= 0.3 is 6.09 Å². The molecule has 1 amide bonds. The highest BCUT2D eigenvalue weighted by Gasteiger charge is 2.18. The van der Waals surface area contributed by atoms with Crippen LogP contribution in [0.15, 0.2) is 0 Å². The second kappa shape index (κ2) is 6.67. The minimum absolute atomic E-state index is 0.465. The van der Waals surface area contributed by atoms with E-state index in [0.717, 1.165) is 19.3 Å². The highest BCUT2D eigenvalue weighted by atomic mass is 16.6. The Morgan fingerprint density at radius 1 is 1.33 bits per heavy atom. The molecular formula is C11H22NO3. The highest BCUT2D eigenvalue weighted by molar-refractivity contribution is 5.67. The van der Waals surface area contributed by atoms with Crippen molar-refractivity contribution < 1.29 is 14.6 Å². The number of alkyl carbamates (subject to hydrolysis) is 1. The fourth-order valence-electron chi connectivity index (χ4n) is 1.09. The Morgan fingerprint density at radius 3 is 2.40 bits per heavy atom. The number of carbonyl (C=O) groups is 1. The first-order chi connectivity index (χ1) is 6.85. The van der Waals surface area contributed by atoms with Crippen LogP contribution >= 0.6 is 0 Å². The van der Waals surface area contributed by atoms with Crippen LogP contribution in [0.5, 0.6) is 0 Å². The zero-order valence-corrected chi connectivity index (χ0v) is 10.1. The molecule has 0 aromatic carbocycles. The van der Waals surface area contributed by atoms with Crippen molar-refractivity contribution in [2.24, 2.45) is 0 Å². The van der Waals surface area contributed by atoms with Crippen LogP contribution < -0.4 is 5.32 Å². The molecule has 15 heavy (non-hydrogen) atoms. The lowest BCUT2D eigenvalue weighted by Gasteiger charge is -2.20. The van der Waals surface area contributed by atoms with E-state index in [9.17, 15) is 9.90 Å². The van der Waals surface area contributed by atoms with Crippen molar-refractivity contribution in [2.45, 2.75) is 65.2 Å². The summed E-state index contributed by atoms with van der Waals surface area (Å²) in [7, 11) is 0.